The van der Waals surface area contributed by atoms with Gasteiger partial charge in [0.25, 0.3) is 5.56 Å². The number of ether oxygens (including phenoxy) is 2. The minimum absolute atomic E-state index is 0.102. The van der Waals surface area contributed by atoms with Crippen LogP contribution in [0.15, 0.2) is 58.2 Å². The van der Waals surface area contributed by atoms with E-state index in [0.717, 1.165) is 5.39 Å². The smallest absolute Gasteiger partial charge is 0.252 e. The lowest BCUT2D eigenvalue weighted by molar-refractivity contribution is 0.340. The Labute approximate surface area is 157 Å². The van der Waals surface area contributed by atoms with Crippen LogP contribution in [0.3, 0.4) is 0 Å². The number of rotatable bonds is 7. The first kappa shape index (κ1) is 18.9. The van der Waals surface area contributed by atoms with Gasteiger partial charge >= 0.3 is 0 Å². The molecular formula is C19H20N2O5S. The molecule has 0 amide bonds. The first-order chi connectivity index (χ1) is 12.9. The number of aromatic nitrogens is 1. The summed E-state index contributed by atoms with van der Waals surface area (Å²) in [7, 11) is -2.20. The molecule has 2 aromatic carbocycles. The maximum atomic E-state index is 12.5. The van der Waals surface area contributed by atoms with Crippen molar-refractivity contribution in [1.29, 1.82) is 0 Å². The summed E-state index contributed by atoms with van der Waals surface area (Å²) in [6.45, 7) is 2.22. The molecule has 1 heterocycles. The lowest BCUT2D eigenvalue weighted by Gasteiger charge is -2.09. The van der Waals surface area contributed by atoms with Gasteiger partial charge in [0.1, 0.15) is 11.5 Å². The molecule has 142 valence electrons. The first-order valence-electron chi connectivity index (χ1n) is 8.35. The number of benzene rings is 2. The number of pyridine rings is 1. The van der Waals surface area contributed by atoms with E-state index >= 15 is 0 Å². The third kappa shape index (κ3) is 4.29. The Hall–Kier alpha value is -2.84. The third-order valence-electron chi connectivity index (χ3n) is 4.03. The molecule has 0 aliphatic heterocycles. The molecule has 0 unspecified atom stereocenters. The van der Waals surface area contributed by atoms with E-state index in [4.69, 9.17) is 9.47 Å². The lowest BCUT2D eigenvalue weighted by Crippen LogP contribution is -2.26. The Morgan fingerprint density at radius 1 is 1.04 bits per heavy atom. The highest BCUT2D eigenvalue weighted by Gasteiger charge is 2.15. The van der Waals surface area contributed by atoms with Crippen LogP contribution < -0.4 is 19.8 Å². The van der Waals surface area contributed by atoms with Crippen LogP contribution in [0.5, 0.6) is 11.5 Å². The van der Waals surface area contributed by atoms with Crippen LogP contribution in [0.4, 0.5) is 0 Å². The van der Waals surface area contributed by atoms with E-state index in [-0.39, 0.29) is 17.0 Å². The molecule has 0 saturated heterocycles. The second-order valence-corrected chi connectivity index (χ2v) is 7.57. The number of H-pyrrole nitrogens is 1. The van der Waals surface area contributed by atoms with E-state index in [0.29, 0.717) is 29.2 Å². The fourth-order valence-corrected chi connectivity index (χ4v) is 3.63. The van der Waals surface area contributed by atoms with Crippen molar-refractivity contribution in [1.82, 2.24) is 9.71 Å². The van der Waals surface area contributed by atoms with Crippen molar-refractivity contribution in [3.63, 3.8) is 0 Å². The van der Waals surface area contributed by atoms with Gasteiger partial charge in [-0.15, -0.1) is 0 Å². The number of aromatic amines is 1. The Morgan fingerprint density at radius 2 is 1.74 bits per heavy atom. The molecule has 3 aromatic rings. The van der Waals surface area contributed by atoms with Crippen LogP contribution >= 0.6 is 0 Å². The molecule has 8 heteroatoms. The number of nitrogens with one attached hydrogen (secondary N) is 2. The minimum atomic E-state index is -3.76. The zero-order valence-corrected chi connectivity index (χ0v) is 15.8. The highest BCUT2D eigenvalue weighted by atomic mass is 32.2. The van der Waals surface area contributed by atoms with Crippen LogP contribution in [-0.4, -0.2) is 27.1 Å². The van der Waals surface area contributed by atoms with Gasteiger partial charge in [0.2, 0.25) is 10.0 Å². The summed E-state index contributed by atoms with van der Waals surface area (Å²) in [6.07, 6.45) is 0. The highest BCUT2D eigenvalue weighted by Crippen LogP contribution is 2.19. The Bertz CT molecular complexity index is 1110. The molecule has 0 fully saturated rings. The molecule has 27 heavy (non-hydrogen) atoms. The van der Waals surface area contributed by atoms with Crippen molar-refractivity contribution in [2.75, 3.05) is 13.7 Å². The maximum absolute atomic E-state index is 12.5. The first-order valence-corrected chi connectivity index (χ1v) is 9.84. The zero-order chi connectivity index (χ0) is 19.4. The van der Waals surface area contributed by atoms with Crippen LogP contribution in [0.1, 0.15) is 12.5 Å². The monoisotopic (exact) mass is 388 g/mol. The molecule has 3 rings (SSSR count). The molecule has 0 atom stereocenters. The maximum Gasteiger partial charge on any atom is 0.252 e. The van der Waals surface area contributed by atoms with Crippen molar-refractivity contribution in [2.24, 2.45) is 0 Å². The summed E-state index contributed by atoms with van der Waals surface area (Å²) in [5.41, 5.74) is 0.617. The van der Waals surface area contributed by atoms with Crippen LogP contribution in [0, 0.1) is 0 Å². The van der Waals surface area contributed by atoms with E-state index in [9.17, 15) is 13.2 Å². The summed E-state index contributed by atoms with van der Waals surface area (Å²) >= 11 is 0. The number of fused-ring (bicyclic) bond motifs is 1. The van der Waals surface area contributed by atoms with Gasteiger partial charge in [-0.1, -0.05) is 0 Å². The van der Waals surface area contributed by atoms with E-state index in [1.807, 2.05) is 6.92 Å². The van der Waals surface area contributed by atoms with Gasteiger partial charge in [0, 0.05) is 23.0 Å². The SMILES string of the molecule is CCOc1ccc(S(=O)(=O)NCc2cc3cc(OC)ccc3[nH]c2=O)cc1. The van der Waals surface area contributed by atoms with Crippen molar-refractivity contribution >= 4 is 20.9 Å². The molecule has 2 N–H and O–H groups in total. The van der Waals surface area contributed by atoms with Crippen LogP contribution in [0.2, 0.25) is 0 Å². The standard InChI is InChI=1S/C19H20N2O5S/c1-3-26-15-4-7-17(8-5-15)27(23,24)20-12-14-10-13-11-16(25-2)6-9-18(13)21-19(14)22/h4-11,20H,3,12H2,1-2H3,(H,21,22). The van der Waals surface area contributed by atoms with E-state index in [1.165, 1.54) is 12.1 Å². The number of sulfonamides is 1. The third-order valence-corrected chi connectivity index (χ3v) is 5.44. The Balaban J connectivity index is 1.82. The molecule has 7 nitrogen and oxygen atoms in total. The van der Waals surface area contributed by atoms with E-state index < -0.39 is 10.0 Å². The summed E-state index contributed by atoms with van der Waals surface area (Å²) in [4.78, 5) is 15.1. The molecule has 1 aromatic heterocycles. The average molecular weight is 388 g/mol. The summed E-state index contributed by atoms with van der Waals surface area (Å²) in [5.74, 6) is 1.24. The largest absolute Gasteiger partial charge is 0.497 e. The highest BCUT2D eigenvalue weighted by molar-refractivity contribution is 7.89. The van der Waals surface area contributed by atoms with Gasteiger partial charge in [-0.25, -0.2) is 13.1 Å². The van der Waals surface area contributed by atoms with Crippen LogP contribution in [0.25, 0.3) is 10.9 Å². The summed E-state index contributed by atoms with van der Waals surface area (Å²) < 4.78 is 37.9. The average Bonchev–Trinajstić information content (AvgIpc) is 2.67. The van der Waals surface area contributed by atoms with Gasteiger partial charge in [-0.05, 0) is 55.5 Å². The lowest BCUT2D eigenvalue weighted by atomic mass is 10.1. The molecule has 0 aliphatic rings. The van der Waals surface area contributed by atoms with Crippen molar-refractivity contribution in [3.8, 4) is 11.5 Å². The quantitative estimate of drug-likeness (QED) is 0.648. The van der Waals surface area contributed by atoms with Crippen LogP contribution in [-0.2, 0) is 16.6 Å². The molecular weight excluding hydrogens is 368 g/mol. The molecule has 0 saturated carbocycles. The number of hydrogen-bond donors (Lipinski definition) is 2. The molecule has 0 aliphatic carbocycles. The van der Waals surface area contributed by atoms with Gasteiger partial charge in [0.05, 0.1) is 18.6 Å². The molecule has 0 bridgehead atoms. The summed E-state index contributed by atoms with van der Waals surface area (Å²) in [6, 6.07) is 13.0. The molecule has 0 spiro atoms. The topological polar surface area (TPSA) is 97.5 Å². The second-order valence-electron chi connectivity index (χ2n) is 5.81. The van der Waals surface area contributed by atoms with E-state index in [1.54, 1.807) is 43.5 Å². The second kappa shape index (κ2) is 7.81. The summed E-state index contributed by atoms with van der Waals surface area (Å²) in [5, 5.41) is 0.754. The minimum Gasteiger partial charge on any atom is -0.497 e. The van der Waals surface area contributed by atoms with Gasteiger partial charge in [-0.3, -0.25) is 4.79 Å². The Morgan fingerprint density at radius 3 is 2.41 bits per heavy atom. The van der Waals surface area contributed by atoms with Gasteiger partial charge in [0.15, 0.2) is 0 Å². The van der Waals surface area contributed by atoms with E-state index in [2.05, 4.69) is 9.71 Å². The predicted molar refractivity (Wildman–Crippen MR) is 103 cm³/mol. The number of hydrogen-bond acceptors (Lipinski definition) is 5. The van der Waals surface area contributed by atoms with Gasteiger partial charge in [-0.2, -0.15) is 0 Å². The molecule has 0 radical (unpaired) electrons. The number of methoxy groups -OCH3 is 1. The predicted octanol–water partition coefficient (Wildman–Crippen LogP) is 2.41. The van der Waals surface area contributed by atoms with Crippen molar-refractivity contribution in [2.45, 2.75) is 18.4 Å². The fraction of sp³-hybridized carbons (Fsp3) is 0.211. The fourth-order valence-electron chi connectivity index (χ4n) is 2.63. The zero-order valence-electron chi connectivity index (χ0n) is 15.0. The Kier molecular flexibility index (Phi) is 5.48. The van der Waals surface area contributed by atoms with Gasteiger partial charge < -0.3 is 14.5 Å². The van der Waals surface area contributed by atoms with Crippen molar-refractivity contribution in [3.05, 3.63) is 64.4 Å². The normalized spacial score (nSPS) is 11.5. The van der Waals surface area contributed by atoms with Crippen molar-refractivity contribution < 1.29 is 17.9 Å².